The summed E-state index contributed by atoms with van der Waals surface area (Å²) in [7, 11) is 1.96. The molecule has 3 rings (SSSR count). The van der Waals surface area contributed by atoms with Crippen molar-refractivity contribution in [1.29, 1.82) is 0 Å². The van der Waals surface area contributed by atoms with Gasteiger partial charge >= 0.3 is 0 Å². The average Bonchev–Trinajstić information content (AvgIpc) is 2.39. The number of aryl methyl sites for hydroxylation is 1. The molecule has 88 valence electrons. The summed E-state index contributed by atoms with van der Waals surface area (Å²) in [6, 6.07) is 6.53. The summed E-state index contributed by atoms with van der Waals surface area (Å²) in [5, 5.41) is 7.92. The maximum atomic E-state index is 4.57. The molecule has 1 aliphatic rings. The lowest BCUT2D eigenvalue weighted by Gasteiger charge is -2.19. The third kappa shape index (κ3) is 1.87. The number of nitrogens with one attached hydrogen (secondary N) is 2. The second-order valence-corrected chi connectivity index (χ2v) is 4.57. The Morgan fingerprint density at radius 2 is 2.35 bits per heavy atom. The average molecular weight is 227 g/mol. The van der Waals surface area contributed by atoms with Crippen molar-refractivity contribution in [3.63, 3.8) is 0 Å². The van der Waals surface area contributed by atoms with Gasteiger partial charge < -0.3 is 10.6 Å². The van der Waals surface area contributed by atoms with Crippen LogP contribution in [0.15, 0.2) is 24.4 Å². The summed E-state index contributed by atoms with van der Waals surface area (Å²) in [5.41, 5.74) is 5.01. The van der Waals surface area contributed by atoms with Crippen molar-refractivity contribution in [1.82, 2.24) is 10.3 Å². The van der Waals surface area contributed by atoms with E-state index in [9.17, 15) is 0 Å². The first kappa shape index (κ1) is 10.5. The molecule has 0 radical (unpaired) electrons. The molecule has 0 spiro atoms. The Labute approximate surface area is 101 Å². The minimum absolute atomic E-state index is 0.891. The maximum absolute atomic E-state index is 4.57. The van der Waals surface area contributed by atoms with Gasteiger partial charge in [-0.25, -0.2) is 0 Å². The van der Waals surface area contributed by atoms with Crippen LogP contribution in [0.1, 0.15) is 17.5 Å². The molecule has 2 heterocycles. The van der Waals surface area contributed by atoms with Crippen LogP contribution in [0.3, 0.4) is 0 Å². The van der Waals surface area contributed by atoms with Gasteiger partial charge in [-0.15, -0.1) is 0 Å². The lowest BCUT2D eigenvalue weighted by atomic mass is 10.0. The van der Waals surface area contributed by atoms with Crippen molar-refractivity contribution >= 4 is 16.6 Å². The molecule has 1 aliphatic heterocycles. The van der Waals surface area contributed by atoms with Gasteiger partial charge in [0.05, 0.1) is 5.52 Å². The van der Waals surface area contributed by atoms with Crippen LogP contribution in [-0.4, -0.2) is 18.6 Å². The predicted molar refractivity (Wildman–Crippen MR) is 71.3 cm³/mol. The number of fused-ring (bicyclic) bond motifs is 3. The van der Waals surface area contributed by atoms with Crippen molar-refractivity contribution in [3.8, 4) is 0 Å². The van der Waals surface area contributed by atoms with Gasteiger partial charge in [0.1, 0.15) is 0 Å². The van der Waals surface area contributed by atoms with E-state index in [1.807, 2.05) is 13.2 Å². The molecule has 3 heteroatoms. The molecule has 0 saturated heterocycles. The second kappa shape index (κ2) is 4.34. The molecule has 0 atom stereocenters. The lowest BCUT2D eigenvalue weighted by molar-refractivity contribution is 0.817. The van der Waals surface area contributed by atoms with Gasteiger partial charge in [0.25, 0.3) is 0 Å². The molecule has 0 amide bonds. The van der Waals surface area contributed by atoms with Gasteiger partial charge in [-0.3, -0.25) is 4.98 Å². The van der Waals surface area contributed by atoms with Gasteiger partial charge in [-0.2, -0.15) is 0 Å². The summed E-state index contributed by atoms with van der Waals surface area (Å²) in [4.78, 5) is 4.57. The summed E-state index contributed by atoms with van der Waals surface area (Å²) in [6.07, 6.45) is 4.37. The Morgan fingerprint density at radius 3 is 3.24 bits per heavy atom. The molecule has 2 aromatic rings. The van der Waals surface area contributed by atoms with Crippen molar-refractivity contribution in [2.45, 2.75) is 19.4 Å². The van der Waals surface area contributed by atoms with Crippen molar-refractivity contribution in [2.75, 3.05) is 18.9 Å². The Balaban J connectivity index is 2.13. The topological polar surface area (TPSA) is 37.0 Å². The van der Waals surface area contributed by atoms with Crippen LogP contribution in [0.5, 0.6) is 0 Å². The standard InChI is InChI=1S/C14H17N3/c1-15-8-10-4-5-12-13(7-10)17-9-11-3-2-6-16-14(11)12/h4-5,7,9,15-16H,2-3,6,8H2,1H3. The number of benzene rings is 1. The third-order valence-electron chi connectivity index (χ3n) is 3.32. The number of pyridine rings is 1. The van der Waals surface area contributed by atoms with E-state index >= 15 is 0 Å². The molecular formula is C14H17N3. The second-order valence-electron chi connectivity index (χ2n) is 4.57. The maximum Gasteiger partial charge on any atom is 0.0726 e. The van der Waals surface area contributed by atoms with E-state index in [1.54, 1.807) is 0 Å². The predicted octanol–water partition coefficient (Wildman–Crippen LogP) is 2.31. The van der Waals surface area contributed by atoms with E-state index in [0.29, 0.717) is 0 Å². The summed E-state index contributed by atoms with van der Waals surface area (Å²) in [5.74, 6) is 0. The molecule has 0 aliphatic carbocycles. The molecule has 0 saturated carbocycles. The minimum atomic E-state index is 0.891. The zero-order valence-electron chi connectivity index (χ0n) is 10.1. The van der Waals surface area contributed by atoms with Crippen LogP contribution in [0.4, 0.5) is 5.69 Å². The number of hydrogen-bond donors (Lipinski definition) is 2. The summed E-state index contributed by atoms with van der Waals surface area (Å²) in [6.45, 7) is 1.96. The Hall–Kier alpha value is -1.61. The third-order valence-corrected chi connectivity index (χ3v) is 3.32. The van der Waals surface area contributed by atoms with E-state index < -0.39 is 0 Å². The van der Waals surface area contributed by atoms with Crippen LogP contribution in [0, 0.1) is 0 Å². The Bertz CT molecular complexity index is 548. The number of rotatable bonds is 2. The lowest BCUT2D eigenvalue weighted by Crippen LogP contribution is -2.12. The van der Waals surface area contributed by atoms with Gasteiger partial charge in [-0.1, -0.05) is 12.1 Å². The Morgan fingerprint density at radius 1 is 1.41 bits per heavy atom. The first-order chi connectivity index (χ1) is 8.38. The van der Waals surface area contributed by atoms with Crippen molar-refractivity contribution < 1.29 is 0 Å². The Kier molecular flexibility index (Phi) is 2.69. The monoisotopic (exact) mass is 227 g/mol. The normalized spacial score (nSPS) is 14.4. The highest BCUT2D eigenvalue weighted by Crippen LogP contribution is 2.29. The van der Waals surface area contributed by atoms with Crippen LogP contribution in [0.2, 0.25) is 0 Å². The fourth-order valence-electron chi connectivity index (χ4n) is 2.49. The first-order valence-corrected chi connectivity index (χ1v) is 6.17. The van der Waals surface area contributed by atoms with Crippen LogP contribution < -0.4 is 10.6 Å². The fourth-order valence-corrected chi connectivity index (χ4v) is 2.49. The number of nitrogens with zero attached hydrogens (tertiary/aromatic N) is 1. The van der Waals surface area contributed by atoms with Crippen LogP contribution in [-0.2, 0) is 13.0 Å². The molecule has 0 fully saturated rings. The number of hydrogen-bond acceptors (Lipinski definition) is 3. The van der Waals surface area contributed by atoms with E-state index in [1.165, 1.54) is 28.6 Å². The van der Waals surface area contributed by atoms with Gasteiger partial charge in [0, 0.05) is 30.4 Å². The highest BCUT2D eigenvalue weighted by molar-refractivity contribution is 5.93. The fraction of sp³-hybridized carbons (Fsp3) is 0.357. The van der Waals surface area contributed by atoms with Crippen LogP contribution >= 0.6 is 0 Å². The smallest absolute Gasteiger partial charge is 0.0726 e. The molecule has 1 aromatic carbocycles. The zero-order valence-corrected chi connectivity index (χ0v) is 10.1. The van der Waals surface area contributed by atoms with E-state index in [-0.39, 0.29) is 0 Å². The van der Waals surface area contributed by atoms with Gasteiger partial charge in [-0.05, 0) is 37.1 Å². The summed E-state index contributed by atoms with van der Waals surface area (Å²) >= 11 is 0. The summed E-state index contributed by atoms with van der Waals surface area (Å²) < 4.78 is 0. The molecule has 0 unspecified atom stereocenters. The molecule has 1 aromatic heterocycles. The quantitative estimate of drug-likeness (QED) is 0.826. The molecular weight excluding hydrogens is 210 g/mol. The SMILES string of the molecule is CNCc1ccc2c3c(cnc2c1)CCCN3. The first-order valence-electron chi connectivity index (χ1n) is 6.17. The minimum Gasteiger partial charge on any atom is -0.384 e. The van der Waals surface area contributed by atoms with E-state index in [0.717, 1.165) is 25.0 Å². The highest BCUT2D eigenvalue weighted by Gasteiger charge is 2.12. The molecule has 3 nitrogen and oxygen atoms in total. The number of aromatic nitrogens is 1. The van der Waals surface area contributed by atoms with Gasteiger partial charge in [0.15, 0.2) is 0 Å². The van der Waals surface area contributed by atoms with Crippen LogP contribution in [0.25, 0.3) is 10.9 Å². The van der Waals surface area contributed by atoms with Crippen molar-refractivity contribution in [3.05, 3.63) is 35.5 Å². The zero-order chi connectivity index (χ0) is 11.7. The van der Waals surface area contributed by atoms with Gasteiger partial charge in [0.2, 0.25) is 0 Å². The highest BCUT2D eigenvalue weighted by atomic mass is 14.9. The van der Waals surface area contributed by atoms with E-state index in [2.05, 4.69) is 33.8 Å². The largest absolute Gasteiger partial charge is 0.384 e. The molecule has 17 heavy (non-hydrogen) atoms. The molecule has 0 bridgehead atoms. The van der Waals surface area contributed by atoms with Crippen molar-refractivity contribution in [2.24, 2.45) is 0 Å². The molecule has 2 N–H and O–H groups in total. The number of anilines is 1. The van der Waals surface area contributed by atoms with E-state index in [4.69, 9.17) is 0 Å².